The minimum Gasteiger partial charge on any atom is -0.477 e. The van der Waals surface area contributed by atoms with Gasteiger partial charge in [-0.05, 0) is 36.8 Å². The smallest absolute Gasteiger partial charge is 0.406 e. The van der Waals surface area contributed by atoms with Crippen molar-refractivity contribution in [3.63, 3.8) is 0 Å². The van der Waals surface area contributed by atoms with Crippen LogP contribution in [-0.4, -0.2) is 118 Å². The third-order valence-corrected chi connectivity index (χ3v) is 9.13. The first-order valence-corrected chi connectivity index (χ1v) is 16.3. The maximum atomic E-state index is 13.2. The van der Waals surface area contributed by atoms with E-state index in [2.05, 4.69) is 47.5 Å². The lowest BCUT2D eigenvalue weighted by Crippen LogP contribution is -2.71. The highest BCUT2D eigenvalue weighted by Gasteiger charge is 2.54. The molecule has 0 radical (unpaired) electrons. The van der Waals surface area contributed by atoms with E-state index in [0.717, 1.165) is 28.0 Å². The Morgan fingerprint density at radius 1 is 1.34 bits per heavy atom. The molecule has 4 heterocycles. The normalized spacial score (nSPS) is 18.4. The lowest BCUT2D eigenvalue weighted by atomic mass is 10.0. The van der Waals surface area contributed by atoms with E-state index in [1.807, 2.05) is 0 Å². The Morgan fingerprint density at radius 3 is 2.77 bits per heavy atom. The number of nitrogens with zero attached hydrogens (tertiary/aromatic N) is 7. The molecular formula is C25H28N10O9S3. The molecule has 250 valence electrons. The first kappa shape index (κ1) is 35.1. The number of aliphatic carboxylic acids is 1. The molecule has 47 heavy (non-hydrogen) atoms. The van der Waals surface area contributed by atoms with Gasteiger partial charge in [-0.3, -0.25) is 24.6 Å². The summed E-state index contributed by atoms with van der Waals surface area (Å²) in [6.45, 7) is 4.95. The molecule has 0 saturated carbocycles. The van der Waals surface area contributed by atoms with Gasteiger partial charge in [-0.2, -0.15) is 0 Å². The number of oxime groups is 1. The Balaban J connectivity index is 1.46. The highest BCUT2D eigenvalue weighted by atomic mass is 32.2. The van der Waals surface area contributed by atoms with Gasteiger partial charge >= 0.3 is 12.1 Å². The van der Waals surface area contributed by atoms with E-state index in [4.69, 9.17) is 16.0 Å². The number of β-lactam (4-membered cyclic amide) rings is 1. The highest BCUT2D eigenvalue weighted by Crippen LogP contribution is 2.41. The van der Waals surface area contributed by atoms with Crippen LogP contribution in [0.2, 0.25) is 0 Å². The molecule has 1 saturated heterocycles. The van der Waals surface area contributed by atoms with E-state index in [1.54, 1.807) is 20.8 Å². The number of carboxylic acid groups (broad SMARTS) is 2. The van der Waals surface area contributed by atoms with Crippen LogP contribution in [0.5, 0.6) is 0 Å². The van der Waals surface area contributed by atoms with E-state index >= 15 is 0 Å². The molecule has 22 heteroatoms. The number of fused-ring (bicyclic) bond motifs is 1. The monoisotopic (exact) mass is 708 g/mol. The molecule has 2 aromatic rings. The molecule has 1 fully saturated rings. The van der Waals surface area contributed by atoms with Crippen LogP contribution in [0.25, 0.3) is 0 Å². The van der Waals surface area contributed by atoms with Crippen LogP contribution in [0.15, 0.2) is 27.0 Å². The number of hydrogen-bond donors (Lipinski definition) is 5. The zero-order valence-corrected chi connectivity index (χ0v) is 27.3. The van der Waals surface area contributed by atoms with Crippen LogP contribution in [-0.2, 0) is 35.3 Å². The van der Waals surface area contributed by atoms with Crippen LogP contribution >= 0.6 is 34.9 Å². The van der Waals surface area contributed by atoms with Gasteiger partial charge in [0.15, 0.2) is 23.7 Å². The summed E-state index contributed by atoms with van der Waals surface area (Å²) in [6.07, 6.45) is 3.31. The van der Waals surface area contributed by atoms with Crippen molar-refractivity contribution in [3.05, 3.63) is 22.3 Å². The SMILES string of the molecule is C#CCON=C(C(=O)NC1C(=O)N2C(C(=O)O)=C(CSc3nnnn3CC(NC(=O)O)OC(C)(C)C)CS[C@H]12)c1csc(NC=O)n1. The Kier molecular flexibility index (Phi) is 11.4. The van der Waals surface area contributed by atoms with Crippen molar-refractivity contribution >= 4 is 76.0 Å². The topological polar surface area (TPSA) is 252 Å². The van der Waals surface area contributed by atoms with Gasteiger partial charge in [0.05, 0.1) is 12.1 Å². The molecule has 2 aliphatic rings. The van der Waals surface area contributed by atoms with Gasteiger partial charge in [0.2, 0.25) is 11.6 Å². The number of carbonyl (C=O) groups is 5. The second kappa shape index (κ2) is 15.2. The molecule has 2 aliphatic heterocycles. The molecule has 19 nitrogen and oxygen atoms in total. The predicted octanol–water partition coefficient (Wildman–Crippen LogP) is -0.00850. The van der Waals surface area contributed by atoms with Crippen LogP contribution in [0.3, 0.4) is 0 Å². The van der Waals surface area contributed by atoms with Crippen molar-refractivity contribution < 1.29 is 43.8 Å². The van der Waals surface area contributed by atoms with Gasteiger partial charge < -0.3 is 30.4 Å². The molecule has 3 atom stereocenters. The summed E-state index contributed by atoms with van der Waals surface area (Å²) in [6, 6.07) is -1.09. The van der Waals surface area contributed by atoms with Gasteiger partial charge in [-0.15, -0.1) is 34.6 Å². The summed E-state index contributed by atoms with van der Waals surface area (Å²) < 4.78 is 7.08. The van der Waals surface area contributed by atoms with E-state index in [1.165, 1.54) is 21.8 Å². The number of anilines is 1. The second-order valence-corrected chi connectivity index (χ2v) is 13.3. The number of rotatable bonds is 15. The van der Waals surface area contributed by atoms with E-state index in [0.29, 0.717) is 12.0 Å². The minimum atomic E-state index is -1.34. The van der Waals surface area contributed by atoms with E-state index in [-0.39, 0.29) is 52.0 Å². The van der Waals surface area contributed by atoms with Crippen molar-refractivity contribution in [1.29, 1.82) is 0 Å². The van der Waals surface area contributed by atoms with Crippen LogP contribution < -0.4 is 16.0 Å². The Labute approximate surface area is 278 Å². The molecule has 0 spiro atoms. The average molecular weight is 709 g/mol. The van der Waals surface area contributed by atoms with Crippen LogP contribution in [0.1, 0.15) is 26.5 Å². The molecule has 4 amide bonds. The average Bonchev–Trinajstić information content (AvgIpc) is 3.64. The molecule has 4 rings (SSSR count). The number of aromatic nitrogens is 5. The van der Waals surface area contributed by atoms with E-state index < -0.39 is 47.1 Å². The van der Waals surface area contributed by atoms with Crippen LogP contribution in [0.4, 0.5) is 9.93 Å². The van der Waals surface area contributed by atoms with Gasteiger partial charge in [0, 0.05) is 16.9 Å². The fourth-order valence-electron chi connectivity index (χ4n) is 4.24. The summed E-state index contributed by atoms with van der Waals surface area (Å²) >= 11 is 3.36. The molecule has 5 N–H and O–H groups in total. The molecule has 2 unspecified atom stereocenters. The van der Waals surface area contributed by atoms with Crippen molar-refractivity contribution in [2.24, 2.45) is 5.16 Å². The zero-order valence-electron chi connectivity index (χ0n) is 24.9. The van der Waals surface area contributed by atoms with Crippen molar-refractivity contribution in [2.75, 3.05) is 23.4 Å². The van der Waals surface area contributed by atoms with Crippen molar-refractivity contribution in [3.8, 4) is 12.3 Å². The number of carbonyl (C=O) groups excluding carboxylic acids is 3. The number of carboxylic acids is 1. The minimum absolute atomic E-state index is 0.0524. The van der Waals surface area contributed by atoms with Crippen molar-refractivity contribution in [2.45, 2.75) is 55.7 Å². The van der Waals surface area contributed by atoms with Gasteiger partial charge in [-0.1, -0.05) is 22.8 Å². The molecular weight excluding hydrogens is 681 g/mol. The van der Waals surface area contributed by atoms with Gasteiger partial charge in [0.25, 0.3) is 11.8 Å². The number of ether oxygens (including phenoxy) is 1. The number of thiazole rings is 1. The number of tetrazole rings is 1. The number of hydrogen-bond acceptors (Lipinski definition) is 15. The Morgan fingerprint density at radius 2 is 2.11 bits per heavy atom. The van der Waals surface area contributed by atoms with E-state index in [9.17, 15) is 34.2 Å². The Bertz CT molecular complexity index is 1640. The number of terminal acetylenes is 1. The first-order chi connectivity index (χ1) is 22.3. The molecule has 0 aromatic carbocycles. The predicted molar refractivity (Wildman–Crippen MR) is 167 cm³/mol. The summed E-state index contributed by atoms with van der Waals surface area (Å²) in [5.74, 6) is -0.334. The fraction of sp³-hybridized carbons (Fsp3) is 0.440. The third kappa shape index (κ3) is 8.76. The lowest BCUT2D eigenvalue weighted by Gasteiger charge is -2.49. The van der Waals surface area contributed by atoms with Gasteiger partial charge in [0.1, 0.15) is 22.8 Å². The van der Waals surface area contributed by atoms with Crippen LogP contribution in [0, 0.1) is 12.3 Å². The summed E-state index contributed by atoms with van der Waals surface area (Å²) in [4.78, 5) is 71.0. The Hall–Kier alpha value is -4.72. The number of amides is 4. The lowest BCUT2D eigenvalue weighted by molar-refractivity contribution is -0.150. The van der Waals surface area contributed by atoms with Crippen molar-refractivity contribution in [1.82, 2.24) is 40.7 Å². The first-order valence-electron chi connectivity index (χ1n) is 13.4. The third-order valence-electron chi connectivity index (χ3n) is 5.98. The maximum Gasteiger partial charge on any atom is 0.406 e. The fourth-order valence-corrected chi connectivity index (χ4v) is 7.27. The summed E-state index contributed by atoms with van der Waals surface area (Å²) in [5, 5.41) is 42.9. The van der Waals surface area contributed by atoms with Gasteiger partial charge in [-0.25, -0.2) is 19.3 Å². The second-order valence-electron chi connectivity index (χ2n) is 10.4. The maximum absolute atomic E-state index is 13.2. The summed E-state index contributed by atoms with van der Waals surface area (Å²) in [5.41, 5.74) is -0.760. The zero-order chi connectivity index (χ0) is 34.3. The quantitative estimate of drug-likeness (QED) is 0.0238. The standard InChI is InChI=1S/C25H28N10O9S3/c1-5-6-43-31-15(13-10-46-22(27-13)26-11-36)18(37)29-16-19(38)35-17(21(39)40)12(8-45-20(16)35)9-47-23-30-32-33-34(23)7-14(28-24(41)42)44-25(2,3)4/h1,10-11,14,16,20,28H,6-9H2,2-4H3,(H,29,37)(H,39,40)(H,41,42)(H,26,27,36)/t14?,16?,20-/m1/s1. The number of thioether (sulfide) groups is 2. The molecule has 2 aromatic heterocycles. The molecule has 0 bridgehead atoms. The summed E-state index contributed by atoms with van der Waals surface area (Å²) in [7, 11) is 0. The largest absolute Gasteiger partial charge is 0.477 e. The highest BCUT2D eigenvalue weighted by molar-refractivity contribution is 8.01. The number of nitrogens with one attached hydrogen (secondary N) is 3. The molecule has 0 aliphatic carbocycles.